The Morgan fingerprint density at radius 2 is 2.05 bits per heavy atom. The summed E-state index contributed by atoms with van der Waals surface area (Å²) in [6.45, 7) is 6.20. The molecular weight excluding hydrogens is 252 g/mol. The van der Waals surface area contributed by atoms with Gasteiger partial charge in [-0.25, -0.2) is 4.98 Å². The first-order valence-corrected chi connectivity index (χ1v) is 7.42. The van der Waals surface area contributed by atoms with Crippen molar-refractivity contribution in [3.8, 4) is 0 Å². The lowest BCUT2D eigenvalue weighted by Crippen LogP contribution is -2.21. The number of hydrogen-bond donors (Lipinski definition) is 2. The zero-order valence-electron chi connectivity index (χ0n) is 12.6. The highest BCUT2D eigenvalue weighted by Crippen LogP contribution is 2.22. The van der Waals surface area contributed by atoms with Gasteiger partial charge in [0.05, 0.1) is 6.33 Å². The summed E-state index contributed by atoms with van der Waals surface area (Å²) in [5.74, 6) is 1.57. The highest BCUT2D eigenvalue weighted by atomic mass is 15.2. The molecule has 2 rings (SSSR count). The van der Waals surface area contributed by atoms with Crippen LogP contribution in [0, 0.1) is 0 Å². The number of H-pyrrole nitrogens is 1. The first-order chi connectivity index (χ1) is 9.76. The maximum absolute atomic E-state index is 4.62. The molecule has 0 bridgehead atoms. The number of aromatic nitrogens is 4. The molecule has 0 spiro atoms. The van der Waals surface area contributed by atoms with Gasteiger partial charge < -0.3 is 15.2 Å². The second-order valence-electron chi connectivity index (χ2n) is 5.03. The zero-order valence-corrected chi connectivity index (χ0v) is 12.6. The Labute approximate surface area is 120 Å². The molecular formula is C14H24N6. The first-order valence-electron chi connectivity index (χ1n) is 7.42. The fourth-order valence-electron chi connectivity index (χ4n) is 2.11. The van der Waals surface area contributed by atoms with Crippen molar-refractivity contribution in [2.45, 2.75) is 39.5 Å². The Bertz CT molecular complexity index is 535. The molecule has 0 unspecified atom stereocenters. The molecule has 2 heterocycles. The summed E-state index contributed by atoms with van der Waals surface area (Å²) in [4.78, 5) is 18.6. The van der Waals surface area contributed by atoms with Crippen LogP contribution in [-0.2, 0) is 0 Å². The second kappa shape index (κ2) is 7.07. The lowest BCUT2D eigenvalue weighted by Gasteiger charge is -2.19. The Balaban J connectivity index is 2.22. The maximum atomic E-state index is 4.62. The van der Waals surface area contributed by atoms with E-state index in [1.54, 1.807) is 6.33 Å². The smallest absolute Gasteiger partial charge is 0.226 e. The molecule has 20 heavy (non-hydrogen) atoms. The summed E-state index contributed by atoms with van der Waals surface area (Å²) >= 11 is 0. The molecule has 0 fully saturated rings. The molecule has 110 valence electrons. The van der Waals surface area contributed by atoms with Gasteiger partial charge in [-0.05, 0) is 12.8 Å². The molecule has 0 aliphatic rings. The van der Waals surface area contributed by atoms with Crippen LogP contribution in [0.15, 0.2) is 6.33 Å². The first kappa shape index (κ1) is 14.6. The molecule has 0 aromatic carbocycles. The lowest BCUT2D eigenvalue weighted by atomic mass is 10.2. The van der Waals surface area contributed by atoms with Crippen LogP contribution in [0.1, 0.15) is 39.5 Å². The molecule has 0 atom stereocenters. The van der Waals surface area contributed by atoms with Crippen molar-refractivity contribution in [3.63, 3.8) is 0 Å². The van der Waals surface area contributed by atoms with Crippen LogP contribution >= 0.6 is 0 Å². The van der Waals surface area contributed by atoms with Crippen LogP contribution in [0.5, 0.6) is 0 Å². The molecule has 0 radical (unpaired) electrons. The van der Waals surface area contributed by atoms with Crippen molar-refractivity contribution >= 4 is 22.9 Å². The van der Waals surface area contributed by atoms with Gasteiger partial charge in [-0.2, -0.15) is 9.97 Å². The highest BCUT2D eigenvalue weighted by molar-refractivity contribution is 5.84. The summed E-state index contributed by atoms with van der Waals surface area (Å²) in [6.07, 6.45) is 6.35. The average Bonchev–Trinajstić information content (AvgIpc) is 2.92. The molecule has 0 saturated heterocycles. The number of anilines is 2. The summed E-state index contributed by atoms with van der Waals surface area (Å²) in [5, 5.41) is 3.24. The molecule has 0 saturated carbocycles. The fourth-order valence-corrected chi connectivity index (χ4v) is 2.11. The standard InChI is InChI=1S/C14H24N6/c1-4-6-7-9-20(3)13-11-12(17-10-16-11)18-14(19-13)15-8-5-2/h10H,4-9H2,1-3H3,(H2,15,16,17,18,19). The van der Waals surface area contributed by atoms with Gasteiger partial charge in [-0.1, -0.05) is 26.7 Å². The van der Waals surface area contributed by atoms with E-state index in [9.17, 15) is 0 Å². The third-order valence-electron chi connectivity index (χ3n) is 3.26. The normalized spacial score (nSPS) is 10.9. The second-order valence-corrected chi connectivity index (χ2v) is 5.03. The quantitative estimate of drug-likeness (QED) is 0.726. The predicted molar refractivity (Wildman–Crippen MR) is 83.3 cm³/mol. The zero-order chi connectivity index (χ0) is 14.4. The van der Waals surface area contributed by atoms with Gasteiger partial charge in [0, 0.05) is 20.1 Å². The van der Waals surface area contributed by atoms with E-state index >= 15 is 0 Å². The van der Waals surface area contributed by atoms with Gasteiger partial charge >= 0.3 is 0 Å². The summed E-state index contributed by atoms with van der Waals surface area (Å²) in [6, 6.07) is 0. The Kier molecular flexibility index (Phi) is 5.15. The number of imidazole rings is 1. The van der Waals surface area contributed by atoms with Crippen molar-refractivity contribution in [2.75, 3.05) is 30.4 Å². The van der Waals surface area contributed by atoms with E-state index in [4.69, 9.17) is 0 Å². The maximum Gasteiger partial charge on any atom is 0.226 e. The third-order valence-corrected chi connectivity index (χ3v) is 3.26. The molecule has 0 aliphatic carbocycles. The highest BCUT2D eigenvalue weighted by Gasteiger charge is 2.13. The fraction of sp³-hybridized carbons (Fsp3) is 0.643. The van der Waals surface area contributed by atoms with E-state index in [-0.39, 0.29) is 0 Å². The van der Waals surface area contributed by atoms with Crippen molar-refractivity contribution in [1.82, 2.24) is 19.9 Å². The van der Waals surface area contributed by atoms with Crippen LogP contribution in [0.4, 0.5) is 11.8 Å². The predicted octanol–water partition coefficient (Wildman–Crippen LogP) is 2.80. The number of rotatable bonds is 8. The summed E-state index contributed by atoms with van der Waals surface area (Å²) in [5.41, 5.74) is 1.63. The van der Waals surface area contributed by atoms with Crippen molar-refractivity contribution in [1.29, 1.82) is 0 Å². The van der Waals surface area contributed by atoms with Gasteiger partial charge in [-0.3, -0.25) is 0 Å². The topological polar surface area (TPSA) is 69.7 Å². The van der Waals surface area contributed by atoms with Gasteiger partial charge in [-0.15, -0.1) is 0 Å². The molecule has 2 N–H and O–H groups in total. The number of fused-ring (bicyclic) bond motifs is 1. The number of hydrogen-bond acceptors (Lipinski definition) is 5. The molecule has 0 amide bonds. The minimum absolute atomic E-state index is 0.656. The van der Waals surface area contributed by atoms with Crippen LogP contribution in [0.2, 0.25) is 0 Å². The average molecular weight is 276 g/mol. The molecule has 2 aromatic rings. The van der Waals surface area contributed by atoms with Crippen LogP contribution < -0.4 is 10.2 Å². The lowest BCUT2D eigenvalue weighted by molar-refractivity contribution is 0.702. The van der Waals surface area contributed by atoms with E-state index in [0.717, 1.165) is 36.5 Å². The van der Waals surface area contributed by atoms with Crippen LogP contribution in [0.3, 0.4) is 0 Å². The number of aromatic amines is 1. The number of nitrogens with zero attached hydrogens (tertiary/aromatic N) is 4. The van der Waals surface area contributed by atoms with Gasteiger partial charge in [0.1, 0.15) is 5.52 Å². The Morgan fingerprint density at radius 3 is 2.80 bits per heavy atom. The van der Waals surface area contributed by atoms with E-state index in [1.807, 2.05) is 0 Å². The van der Waals surface area contributed by atoms with E-state index in [0.29, 0.717) is 5.95 Å². The largest absolute Gasteiger partial charge is 0.358 e. The van der Waals surface area contributed by atoms with E-state index < -0.39 is 0 Å². The molecule has 0 aliphatic heterocycles. The summed E-state index contributed by atoms with van der Waals surface area (Å²) in [7, 11) is 2.07. The molecule has 2 aromatic heterocycles. The van der Waals surface area contributed by atoms with Crippen molar-refractivity contribution in [2.24, 2.45) is 0 Å². The van der Waals surface area contributed by atoms with Crippen molar-refractivity contribution < 1.29 is 0 Å². The van der Waals surface area contributed by atoms with Crippen LogP contribution in [0.25, 0.3) is 11.2 Å². The SMILES string of the molecule is CCCCCN(C)c1nc(NCCC)nc2nc[nH]c12. The van der Waals surface area contributed by atoms with Gasteiger partial charge in [0.25, 0.3) is 0 Å². The van der Waals surface area contributed by atoms with E-state index in [1.165, 1.54) is 19.3 Å². The third kappa shape index (κ3) is 3.37. The van der Waals surface area contributed by atoms with Gasteiger partial charge in [0.15, 0.2) is 11.5 Å². The molecule has 6 nitrogen and oxygen atoms in total. The Morgan fingerprint density at radius 1 is 1.20 bits per heavy atom. The number of nitrogens with one attached hydrogen (secondary N) is 2. The van der Waals surface area contributed by atoms with Crippen LogP contribution in [-0.4, -0.2) is 40.1 Å². The minimum atomic E-state index is 0.656. The monoisotopic (exact) mass is 276 g/mol. The Hall–Kier alpha value is -1.85. The van der Waals surface area contributed by atoms with Crippen molar-refractivity contribution in [3.05, 3.63) is 6.33 Å². The molecule has 6 heteroatoms. The van der Waals surface area contributed by atoms with Gasteiger partial charge in [0.2, 0.25) is 5.95 Å². The number of unbranched alkanes of at least 4 members (excludes halogenated alkanes) is 2. The summed E-state index contributed by atoms with van der Waals surface area (Å²) < 4.78 is 0. The minimum Gasteiger partial charge on any atom is -0.358 e. The van der Waals surface area contributed by atoms with E-state index in [2.05, 4.69) is 51.0 Å².